The van der Waals surface area contributed by atoms with Crippen molar-refractivity contribution >= 4 is 11.8 Å². The molecule has 3 rings (SSSR count). The van der Waals surface area contributed by atoms with Crippen LogP contribution in [0.15, 0.2) is 24.4 Å². The molecule has 1 aliphatic heterocycles. The normalized spacial score (nSPS) is 19.3. The minimum Gasteiger partial charge on any atom is -0.504 e. The van der Waals surface area contributed by atoms with Gasteiger partial charge in [-0.1, -0.05) is 13.8 Å². The number of aromatic hydroxyl groups is 1. The van der Waals surface area contributed by atoms with Crippen LogP contribution in [-0.4, -0.2) is 50.2 Å². The van der Waals surface area contributed by atoms with E-state index in [1.54, 1.807) is 13.8 Å². The molecule has 9 heteroatoms. The zero-order valence-corrected chi connectivity index (χ0v) is 15.9. The molecule has 0 unspecified atom stereocenters. The third-order valence-electron chi connectivity index (χ3n) is 4.76. The maximum atomic E-state index is 13.9. The number of halogens is 2. The van der Waals surface area contributed by atoms with Crippen molar-refractivity contribution < 1.29 is 23.5 Å². The van der Waals surface area contributed by atoms with Gasteiger partial charge in [0.15, 0.2) is 17.3 Å². The van der Waals surface area contributed by atoms with Gasteiger partial charge in [-0.05, 0) is 25.5 Å². The van der Waals surface area contributed by atoms with E-state index in [0.717, 1.165) is 16.9 Å². The van der Waals surface area contributed by atoms with Gasteiger partial charge in [0.05, 0.1) is 11.7 Å². The van der Waals surface area contributed by atoms with Crippen LogP contribution in [0.1, 0.15) is 37.7 Å². The molecule has 1 atom stereocenters. The van der Waals surface area contributed by atoms with Crippen LogP contribution >= 0.6 is 0 Å². The monoisotopic (exact) mass is 392 g/mol. The number of hydrogen-bond acceptors (Lipinski definition) is 4. The molecule has 1 aromatic heterocycles. The average molecular weight is 392 g/mol. The van der Waals surface area contributed by atoms with Crippen molar-refractivity contribution in [2.24, 2.45) is 5.92 Å². The SMILES string of the molecule is CC(C)C(=O)N[C@]1(C)CCN(C(=O)c2nn(-c3ccc(F)cc3F)cc2O)C1. The fourth-order valence-corrected chi connectivity index (χ4v) is 3.14. The van der Waals surface area contributed by atoms with Crippen molar-refractivity contribution in [2.45, 2.75) is 32.7 Å². The molecular weight excluding hydrogens is 370 g/mol. The zero-order chi connectivity index (χ0) is 20.6. The van der Waals surface area contributed by atoms with Crippen molar-refractivity contribution in [2.75, 3.05) is 13.1 Å². The summed E-state index contributed by atoms with van der Waals surface area (Å²) in [7, 11) is 0. The molecule has 0 radical (unpaired) electrons. The molecule has 0 saturated carbocycles. The van der Waals surface area contributed by atoms with E-state index in [2.05, 4.69) is 10.4 Å². The third-order valence-corrected chi connectivity index (χ3v) is 4.76. The Morgan fingerprint density at radius 1 is 1.32 bits per heavy atom. The number of carbonyl (C=O) groups excluding carboxylic acids is 2. The smallest absolute Gasteiger partial charge is 0.278 e. The quantitative estimate of drug-likeness (QED) is 0.835. The Kier molecular flexibility index (Phi) is 5.10. The lowest BCUT2D eigenvalue weighted by atomic mass is 10.0. The molecule has 1 saturated heterocycles. The summed E-state index contributed by atoms with van der Waals surface area (Å²) in [5.41, 5.74) is -0.896. The van der Waals surface area contributed by atoms with Crippen molar-refractivity contribution in [3.63, 3.8) is 0 Å². The third kappa shape index (κ3) is 3.83. The molecule has 2 heterocycles. The molecule has 1 fully saturated rings. The fraction of sp³-hybridized carbons (Fsp3) is 0.421. The summed E-state index contributed by atoms with van der Waals surface area (Å²) >= 11 is 0. The van der Waals surface area contributed by atoms with Gasteiger partial charge in [0, 0.05) is 25.1 Å². The molecule has 0 aliphatic carbocycles. The minimum absolute atomic E-state index is 0.0915. The molecule has 1 aliphatic rings. The summed E-state index contributed by atoms with van der Waals surface area (Å²) in [6.45, 7) is 6.07. The molecule has 28 heavy (non-hydrogen) atoms. The topological polar surface area (TPSA) is 87.5 Å². The number of aromatic nitrogens is 2. The molecule has 150 valence electrons. The Labute approximate surface area is 160 Å². The van der Waals surface area contributed by atoms with Crippen LogP contribution in [0.2, 0.25) is 0 Å². The summed E-state index contributed by atoms with van der Waals surface area (Å²) < 4.78 is 28.0. The van der Waals surface area contributed by atoms with Crippen LogP contribution in [0.4, 0.5) is 8.78 Å². The van der Waals surface area contributed by atoms with Gasteiger partial charge in [-0.2, -0.15) is 5.10 Å². The largest absolute Gasteiger partial charge is 0.504 e. The highest BCUT2D eigenvalue weighted by Crippen LogP contribution is 2.26. The maximum absolute atomic E-state index is 13.9. The Hall–Kier alpha value is -2.97. The first-order chi connectivity index (χ1) is 13.1. The van der Waals surface area contributed by atoms with E-state index in [1.165, 1.54) is 11.0 Å². The van der Waals surface area contributed by atoms with Crippen molar-refractivity contribution in [3.8, 4) is 11.4 Å². The Bertz CT molecular complexity index is 928. The molecule has 2 N–H and O–H groups in total. The van der Waals surface area contributed by atoms with Crippen molar-refractivity contribution in [1.29, 1.82) is 0 Å². The van der Waals surface area contributed by atoms with E-state index in [9.17, 15) is 23.5 Å². The van der Waals surface area contributed by atoms with Crippen LogP contribution in [0.3, 0.4) is 0 Å². The highest BCUT2D eigenvalue weighted by Gasteiger charge is 2.39. The van der Waals surface area contributed by atoms with E-state index in [0.29, 0.717) is 19.0 Å². The first kappa shape index (κ1) is 19.8. The Balaban J connectivity index is 1.79. The summed E-state index contributed by atoms with van der Waals surface area (Å²) in [5, 5.41) is 17.0. The second kappa shape index (κ2) is 7.21. The van der Waals surface area contributed by atoms with Gasteiger partial charge >= 0.3 is 0 Å². The lowest BCUT2D eigenvalue weighted by molar-refractivity contribution is -0.125. The van der Waals surface area contributed by atoms with Gasteiger partial charge in [-0.15, -0.1) is 0 Å². The summed E-state index contributed by atoms with van der Waals surface area (Å²) in [6, 6.07) is 2.92. The number of nitrogens with zero attached hydrogens (tertiary/aromatic N) is 3. The molecule has 7 nitrogen and oxygen atoms in total. The van der Waals surface area contributed by atoms with Crippen LogP contribution in [-0.2, 0) is 4.79 Å². The number of likely N-dealkylation sites (tertiary alicyclic amines) is 1. The van der Waals surface area contributed by atoms with E-state index in [1.807, 2.05) is 6.92 Å². The molecule has 2 aromatic rings. The predicted molar refractivity (Wildman–Crippen MR) is 97.1 cm³/mol. The van der Waals surface area contributed by atoms with Gasteiger partial charge in [0.2, 0.25) is 5.91 Å². The van der Waals surface area contributed by atoms with Gasteiger partial charge in [0.25, 0.3) is 5.91 Å². The van der Waals surface area contributed by atoms with Crippen LogP contribution in [0.25, 0.3) is 5.69 Å². The maximum Gasteiger partial charge on any atom is 0.278 e. The van der Waals surface area contributed by atoms with Crippen LogP contribution in [0.5, 0.6) is 5.75 Å². The number of hydrogen-bond donors (Lipinski definition) is 2. The number of benzene rings is 1. The molecule has 1 aromatic carbocycles. The van der Waals surface area contributed by atoms with Gasteiger partial charge < -0.3 is 15.3 Å². The summed E-state index contributed by atoms with van der Waals surface area (Å²) in [4.78, 5) is 26.3. The average Bonchev–Trinajstić information content (AvgIpc) is 3.17. The van der Waals surface area contributed by atoms with E-state index in [-0.39, 0.29) is 29.8 Å². The standard InChI is InChI=1S/C19H22F2N4O3/c1-11(2)17(27)22-19(3)6-7-24(10-19)18(28)16-15(26)9-25(23-16)14-5-4-12(20)8-13(14)21/h4-5,8-9,11,26H,6-7,10H2,1-3H3,(H,22,27)/t19-/m1/s1. The zero-order valence-electron chi connectivity index (χ0n) is 15.9. The second-order valence-electron chi connectivity index (χ2n) is 7.58. The number of carbonyl (C=O) groups is 2. The van der Waals surface area contributed by atoms with Gasteiger partial charge in [-0.25, -0.2) is 13.5 Å². The predicted octanol–water partition coefficient (Wildman–Crippen LogP) is 2.23. The van der Waals surface area contributed by atoms with Gasteiger partial charge in [-0.3, -0.25) is 9.59 Å². The van der Waals surface area contributed by atoms with E-state index in [4.69, 9.17) is 0 Å². The molecule has 2 amide bonds. The molecular formula is C19H22F2N4O3. The van der Waals surface area contributed by atoms with E-state index < -0.39 is 28.8 Å². The highest BCUT2D eigenvalue weighted by atomic mass is 19.1. The first-order valence-corrected chi connectivity index (χ1v) is 8.95. The Morgan fingerprint density at radius 2 is 2.04 bits per heavy atom. The van der Waals surface area contributed by atoms with Crippen molar-refractivity contribution in [1.82, 2.24) is 20.0 Å². The Morgan fingerprint density at radius 3 is 2.68 bits per heavy atom. The first-order valence-electron chi connectivity index (χ1n) is 8.95. The fourth-order valence-electron chi connectivity index (χ4n) is 3.14. The number of amides is 2. The molecule has 0 spiro atoms. The lowest BCUT2D eigenvalue weighted by Gasteiger charge is -2.27. The highest BCUT2D eigenvalue weighted by molar-refractivity contribution is 5.95. The summed E-state index contributed by atoms with van der Waals surface area (Å²) in [6.07, 6.45) is 1.66. The number of nitrogens with one attached hydrogen (secondary N) is 1. The van der Waals surface area contributed by atoms with Crippen LogP contribution < -0.4 is 5.32 Å². The summed E-state index contributed by atoms with van der Waals surface area (Å²) in [5.74, 6) is -2.82. The van der Waals surface area contributed by atoms with Gasteiger partial charge in [0.1, 0.15) is 11.5 Å². The van der Waals surface area contributed by atoms with Crippen LogP contribution in [0, 0.1) is 17.6 Å². The number of rotatable bonds is 4. The lowest BCUT2D eigenvalue weighted by Crippen LogP contribution is -2.49. The van der Waals surface area contributed by atoms with Crippen molar-refractivity contribution in [3.05, 3.63) is 41.7 Å². The van der Waals surface area contributed by atoms with E-state index >= 15 is 0 Å². The second-order valence-corrected chi connectivity index (χ2v) is 7.58. The molecule has 0 bridgehead atoms. The minimum atomic E-state index is -0.869.